The number of likely N-dealkylation sites (tertiary alicyclic amines) is 2. The first-order chi connectivity index (χ1) is 25.0. The standard InChI is InChI=1S/C36H46N8O6S2.2ClH/c1-19(2)29(41-35(47)49-5)33(45)43-15-7-9-23(43)31-37-17-21(39-31)25-11-13-27(51-25)28-14-12-26(52-28)22-18-38-32(40-22)24-10-8-16-44(24)34(46)30(20(3)4)42-36(48)50-6;;/h11-14,17-20,23-24,29-30H,7-10,15-16H2,1-6H3,(H,37,39)(H,38,40)(H,41,47)(H,42,48);2*1H/t23-,24-,29-,30-;;/m0../s1. The maximum Gasteiger partial charge on any atom is 0.407 e. The van der Waals surface area contributed by atoms with Crippen LogP contribution in [0.4, 0.5) is 9.59 Å². The molecular weight excluding hydrogens is 775 g/mol. The van der Waals surface area contributed by atoms with E-state index in [-0.39, 0.29) is 60.5 Å². The van der Waals surface area contributed by atoms with E-state index in [0.29, 0.717) is 13.1 Å². The Morgan fingerprint density at radius 3 is 1.41 bits per heavy atom. The zero-order valence-electron chi connectivity index (χ0n) is 31.0. The third-order valence-electron chi connectivity index (χ3n) is 9.66. The quantitative estimate of drug-likeness (QED) is 0.123. The molecule has 2 aliphatic heterocycles. The number of rotatable bonds is 11. The lowest BCUT2D eigenvalue weighted by atomic mass is 10.0. The van der Waals surface area contributed by atoms with Gasteiger partial charge >= 0.3 is 12.2 Å². The first-order valence-corrected chi connectivity index (χ1v) is 19.2. The van der Waals surface area contributed by atoms with Crippen molar-refractivity contribution in [2.45, 2.75) is 77.5 Å². The molecule has 54 heavy (non-hydrogen) atoms. The second-order valence-corrected chi connectivity index (χ2v) is 16.0. The van der Waals surface area contributed by atoms with Crippen LogP contribution in [0.15, 0.2) is 36.7 Å². The molecule has 6 rings (SSSR count). The summed E-state index contributed by atoms with van der Waals surface area (Å²) in [5, 5.41) is 5.39. The number of carbonyl (C=O) groups is 4. The third kappa shape index (κ3) is 9.04. The molecule has 4 amide bonds. The fourth-order valence-corrected chi connectivity index (χ4v) is 8.91. The van der Waals surface area contributed by atoms with Crippen molar-refractivity contribution in [3.05, 3.63) is 48.3 Å². The molecule has 4 atom stereocenters. The molecule has 2 aliphatic rings. The minimum atomic E-state index is -0.688. The van der Waals surface area contributed by atoms with Gasteiger partial charge in [0.25, 0.3) is 0 Å². The topological polar surface area (TPSA) is 175 Å². The maximum atomic E-state index is 13.5. The molecule has 0 saturated carbocycles. The maximum absolute atomic E-state index is 13.5. The van der Waals surface area contributed by atoms with Gasteiger partial charge in [-0.15, -0.1) is 47.5 Å². The van der Waals surface area contributed by atoms with Crippen LogP contribution in [0.3, 0.4) is 0 Å². The normalized spacial score (nSPS) is 17.9. The van der Waals surface area contributed by atoms with E-state index < -0.39 is 24.3 Å². The molecule has 4 aromatic heterocycles. The number of ether oxygens (including phenoxy) is 2. The zero-order chi connectivity index (χ0) is 37.1. The Morgan fingerprint density at radius 1 is 0.685 bits per heavy atom. The van der Waals surface area contributed by atoms with Gasteiger partial charge in [0, 0.05) is 22.8 Å². The Balaban J connectivity index is 0.00000325. The number of nitrogens with zero attached hydrogens (tertiary/aromatic N) is 4. The number of alkyl carbamates (subject to hydrolysis) is 2. The molecule has 0 bridgehead atoms. The number of hydrogen-bond acceptors (Lipinski definition) is 10. The number of thiophene rings is 2. The molecule has 14 nitrogen and oxygen atoms in total. The molecule has 2 saturated heterocycles. The van der Waals surface area contributed by atoms with Crippen molar-refractivity contribution in [3.8, 4) is 30.9 Å². The van der Waals surface area contributed by atoms with E-state index in [2.05, 4.69) is 54.8 Å². The number of H-pyrrole nitrogens is 2. The average Bonchev–Trinajstić information content (AvgIpc) is 3.98. The lowest BCUT2D eigenvalue weighted by Crippen LogP contribution is -2.51. The summed E-state index contributed by atoms with van der Waals surface area (Å²) < 4.78 is 9.51. The number of aromatic nitrogens is 4. The number of carbonyl (C=O) groups excluding carboxylic acids is 4. The Labute approximate surface area is 335 Å². The number of imidazole rings is 2. The van der Waals surface area contributed by atoms with Gasteiger partial charge < -0.3 is 39.9 Å². The summed E-state index contributed by atoms with van der Waals surface area (Å²) >= 11 is 3.31. The van der Waals surface area contributed by atoms with Crippen molar-refractivity contribution in [3.63, 3.8) is 0 Å². The van der Waals surface area contributed by atoms with E-state index in [1.54, 1.807) is 22.7 Å². The third-order valence-corrected chi connectivity index (χ3v) is 12.1. The number of aromatic amines is 2. The van der Waals surface area contributed by atoms with Gasteiger partial charge in [-0.2, -0.15) is 0 Å². The van der Waals surface area contributed by atoms with Gasteiger partial charge in [0.2, 0.25) is 11.8 Å². The number of halogens is 2. The van der Waals surface area contributed by atoms with Gasteiger partial charge in [-0.25, -0.2) is 19.6 Å². The number of hydrogen-bond donors (Lipinski definition) is 4. The number of methoxy groups -OCH3 is 2. The van der Waals surface area contributed by atoms with Crippen molar-refractivity contribution in [1.29, 1.82) is 0 Å². The first kappa shape index (κ1) is 42.6. The summed E-state index contributed by atoms with van der Waals surface area (Å²) in [5.74, 6) is 0.968. The molecular formula is C36H48Cl2N8O6S2. The van der Waals surface area contributed by atoms with Gasteiger partial charge in [-0.1, -0.05) is 27.7 Å². The van der Waals surface area contributed by atoms with Gasteiger partial charge in [-0.05, 0) is 61.8 Å². The smallest absolute Gasteiger partial charge is 0.407 e. The summed E-state index contributed by atoms with van der Waals surface area (Å²) in [7, 11) is 2.58. The monoisotopic (exact) mass is 822 g/mol. The lowest BCUT2D eigenvalue weighted by molar-refractivity contribution is -0.136. The molecule has 294 valence electrons. The second-order valence-electron chi connectivity index (χ2n) is 13.8. The fraction of sp³-hybridized carbons (Fsp3) is 0.500. The molecule has 0 aliphatic carbocycles. The van der Waals surface area contributed by atoms with E-state index >= 15 is 0 Å². The van der Waals surface area contributed by atoms with Crippen LogP contribution in [0.25, 0.3) is 30.9 Å². The van der Waals surface area contributed by atoms with Crippen LogP contribution in [0, 0.1) is 11.8 Å². The molecule has 6 heterocycles. The van der Waals surface area contributed by atoms with E-state index in [0.717, 1.165) is 68.2 Å². The van der Waals surface area contributed by atoms with Crippen LogP contribution in [-0.4, -0.2) is 93.1 Å². The minimum absolute atomic E-state index is 0. The summed E-state index contributed by atoms with van der Waals surface area (Å²) in [6, 6.07) is 6.55. The van der Waals surface area contributed by atoms with E-state index in [4.69, 9.17) is 9.47 Å². The van der Waals surface area contributed by atoms with Crippen molar-refractivity contribution in [2.24, 2.45) is 11.8 Å². The van der Waals surface area contributed by atoms with Crippen molar-refractivity contribution in [1.82, 2.24) is 40.4 Å². The highest BCUT2D eigenvalue weighted by atomic mass is 35.5. The molecule has 18 heteroatoms. The van der Waals surface area contributed by atoms with Crippen LogP contribution >= 0.6 is 47.5 Å². The van der Waals surface area contributed by atoms with Gasteiger partial charge in [0.1, 0.15) is 23.7 Å². The predicted molar refractivity (Wildman–Crippen MR) is 213 cm³/mol. The summed E-state index contributed by atoms with van der Waals surface area (Å²) in [6.45, 7) is 8.79. The van der Waals surface area contributed by atoms with Gasteiger partial charge in [-0.3, -0.25) is 9.59 Å². The van der Waals surface area contributed by atoms with E-state index in [1.165, 1.54) is 14.2 Å². The van der Waals surface area contributed by atoms with E-state index in [1.807, 2.05) is 49.9 Å². The van der Waals surface area contributed by atoms with Crippen molar-refractivity contribution >= 4 is 71.5 Å². The lowest BCUT2D eigenvalue weighted by Gasteiger charge is -2.30. The SMILES string of the molecule is COC(=O)N[C@H](C(=O)N1CCC[C@H]1c1ncc(-c2ccc(-c3ccc(-c4cnc([C@@H]5CCCN5C(=O)[C@@H](NC(=O)OC)C(C)C)[nH]4)s3)s2)[nH]1)C(C)C.Cl.Cl. The Bertz CT molecular complexity index is 1770. The highest BCUT2D eigenvalue weighted by Gasteiger charge is 2.39. The molecule has 2 fully saturated rings. The highest BCUT2D eigenvalue weighted by Crippen LogP contribution is 2.41. The van der Waals surface area contributed by atoms with Crippen LogP contribution in [-0.2, 0) is 19.1 Å². The van der Waals surface area contributed by atoms with Crippen LogP contribution in [0.5, 0.6) is 0 Å². The molecule has 0 radical (unpaired) electrons. The van der Waals surface area contributed by atoms with Gasteiger partial charge in [0.15, 0.2) is 0 Å². The van der Waals surface area contributed by atoms with Crippen molar-refractivity contribution in [2.75, 3.05) is 27.3 Å². The second kappa shape index (κ2) is 18.5. The van der Waals surface area contributed by atoms with Crippen LogP contribution < -0.4 is 10.6 Å². The van der Waals surface area contributed by atoms with Crippen LogP contribution in [0.2, 0.25) is 0 Å². The fourth-order valence-electron chi connectivity index (χ4n) is 6.88. The largest absolute Gasteiger partial charge is 0.453 e. The number of amides is 4. The summed E-state index contributed by atoms with van der Waals surface area (Å²) in [4.78, 5) is 75.2. The van der Waals surface area contributed by atoms with E-state index in [9.17, 15) is 19.2 Å². The Morgan fingerprint density at radius 2 is 1.06 bits per heavy atom. The number of nitrogens with one attached hydrogen (secondary N) is 4. The Kier molecular flexibility index (Phi) is 14.6. The highest BCUT2D eigenvalue weighted by molar-refractivity contribution is 7.25. The Hall–Kier alpha value is -4.12. The molecule has 0 spiro atoms. The summed E-state index contributed by atoms with van der Waals surface area (Å²) in [5.41, 5.74) is 1.76. The minimum Gasteiger partial charge on any atom is -0.453 e. The molecule has 0 unspecified atom stereocenters. The van der Waals surface area contributed by atoms with Crippen molar-refractivity contribution < 1.29 is 28.7 Å². The predicted octanol–water partition coefficient (Wildman–Crippen LogP) is 7.19. The molecule has 4 aromatic rings. The van der Waals surface area contributed by atoms with Crippen LogP contribution in [0.1, 0.15) is 77.1 Å². The first-order valence-electron chi connectivity index (χ1n) is 17.6. The average molecular weight is 824 g/mol. The molecule has 0 aromatic carbocycles. The zero-order valence-corrected chi connectivity index (χ0v) is 34.3. The molecule has 4 N–H and O–H groups in total. The summed E-state index contributed by atoms with van der Waals surface area (Å²) in [6.07, 6.45) is 5.64. The van der Waals surface area contributed by atoms with Gasteiger partial charge in [0.05, 0.1) is 59.8 Å².